The average Bonchev–Trinajstić information content (AvgIpc) is 3.65. The first-order chi connectivity index (χ1) is 20.3. The zero-order valence-electron chi connectivity index (χ0n) is 23.7. The van der Waals surface area contributed by atoms with Crippen molar-refractivity contribution < 1.29 is 33.6 Å². The van der Waals surface area contributed by atoms with E-state index < -0.39 is 17.7 Å². The average molecular weight is 587 g/mol. The summed E-state index contributed by atoms with van der Waals surface area (Å²) >= 11 is 1.27. The standard InChI is InChI=1S/C32H30N2O7S/c1-5-39-24-12-7-18(15-25(24)40-6-2)28-27(29(35)19-8-11-23-20(14-19)13-17(3)41-23)30(36)31(37)34(28)32-33-22-10-9-21(38-4)16-26(22)42-32/h7-12,14-17,28,35H,5-6,13H2,1-4H3. The van der Waals surface area contributed by atoms with Gasteiger partial charge in [0.1, 0.15) is 23.4 Å². The molecule has 42 heavy (non-hydrogen) atoms. The van der Waals surface area contributed by atoms with E-state index in [4.69, 9.17) is 23.9 Å². The Morgan fingerprint density at radius 3 is 2.60 bits per heavy atom. The quantitative estimate of drug-likeness (QED) is 0.151. The molecule has 1 amide bonds. The molecule has 3 aromatic carbocycles. The number of carbonyl (C=O) groups excluding carboxylic acids is 2. The van der Waals surface area contributed by atoms with E-state index in [-0.39, 0.29) is 17.4 Å². The monoisotopic (exact) mass is 586 g/mol. The second-order valence-corrected chi connectivity index (χ2v) is 11.0. The summed E-state index contributed by atoms with van der Waals surface area (Å²) < 4.78 is 23.6. The fourth-order valence-corrected chi connectivity index (χ4v) is 6.45. The second-order valence-electron chi connectivity index (χ2n) is 10.0. The Kier molecular flexibility index (Phi) is 7.24. The van der Waals surface area contributed by atoms with Crippen molar-refractivity contribution in [2.75, 3.05) is 25.2 Å². The molecule has 0 radical (unpaired) electrons. The van der Waals surface area contributed by atoms with E-state index in [1.54, 1.807) is 49.6 Å². The van der Waals surface area contributed by atoms with Crippen LogP contribution in [0.2, 0.25) is 0 Å². The molecule has 6 rings (SSSR count). The fourth-order valence-electron chi connectivity index (χ4n) is 5.43. The number of amides is 1. The van der Waals surface area contributed by atoms with Gasteiger partial charge in [0.25, 0.3) is 5.78 Å². The van der Waals surface area contributed by atoms with Crippen LogP contribution in [0.1, 0.15) is 43.5 Å². The summed E-state index contributed by atoms with van der Waals surface area (Å²) in [6, 6.07) is 15.0. The topological polar surface area (TPSA) is 107 Å². The van der Waals surface area contributed by atoms with Crippen molar-refractivity contribution in [3.8, 4) is 23.0 Å². The van der Waals surface area contributed by atoms with Gasteiger partial charge in [0.2, 0.25) is 0 Å². The first-order valence-electron chi connectivity index (χ1n) is 13.8. The molecule has 1 saturated heterocycles. The van der Waals surface area contributed by atoms with E-state index in [9.17, 15) is 14.7 Å². The highest BCUT2D eigenvalue weighted by Crippen LogP contribution is 2.46. The maximum atomic E-state index is 13.7. The number of carbonyl (C=O) groups is 2. The summed E-state index contributed by atoms with van der Waals surface area (Å²) in [5.41, 5.74) is 2.55. The lowest BCUT2D eigenvalue weighted by molar-refractivity contribution is -0.132. The van der Waals surface area contributed by atoms with E-state index in [1.165, 1.54) is 16.2 Å². The third-order valence-electron chi connectivity index (χ3n) is 7.29. The normalized spacial score (nSPS) is 19.2. The number of fused-ring (bicyclic) bond motifs is 2. The van der Waals surface area contributed by atoms with Crippen molar-refractivity contribution in [1.82, 2.24) is 4.98 Å². The minimum atomic E-state index is -0.967. The van der Waals surface area contributed by atoms with Crippen molar-refractivity contribution in [2.24, 2.45) is 0 Å². The van der Waals surface area contributed by atoms with Gasteiger partial charge in [-0.25, -0.2) is 4.98 Å². The summed E-state index contributed by atoms with van der Waals surface area (Å²) in [5, 5.41) is 12.0. The zero-order valence-corrected chi connectivity index (χ0v) is 24.5. The van der Waals surface area contributed by atoms with Crippen LogP contribution in [-0.4, -0.2) is 48.2 Å². The first kappa shape index (κ1) is 27.6. The van der Waals surface area contributed by atoms with Crippen LogP contribution in [0.5, 0.6) is 23.0 Å². The van der Waals surface area contributed by atoms with Crippen LogP contribution in [0.15, 0.2) is 60.2 Å². The summed E-state index contributed by atoms with van der Waals surface area (Å²) in [4.78, 5) is 33.5. The number of methoxy groups -OCH3 is 1. The molecule has 4 aromatic rings. The Balaban J connectivity index is 1.54. The Labute approximate surface area is 246 Å². The van der Waals surface area contributed by atoms with Crippen molar-refractivity contribution in [1.29, 1.82) is 0 Å². The van der Waals surface area contributed by atoms with E-state index in [0.29, 0.717) is 58.7 Å². The van der Waals surface area contributed by atoms with Crippen LogP contribution in [-0.2, 0) is 16.0 Å². The molecule has 0 saturated carbocycles. The highest BCUT2D eigenvalue weighted by atomic mass is 32.1. The van der Waals surface area contributed by atoms with Crippen LogP contribution >= 0.6 is 11.3 Å². The number of aliphatic hydroxyl groups excluding tert-OH is 1. The number of Topliss-reactive ketones (excluding diaryl/α,β-unsaturated/α-hetero) is 1. The third kappa shape index (κ3) is 4.71. The van der Waals surface area contributed by atoms with Gasteiger partial charge >= 0.3 is 5.91 Å². The molecule has 2 unspecified atom stereocenters. The van der Waals surface area contributed by atoms with Gasteiger partial charge in [-0.15, -0.1) is 0 Å². The molecular formula is C32H30N2O7S. The number of aliphatic hydroxyl groups is 1. The van der Waals surface area contributed by atoms with Crippen molar-refractivity contribution in [2.45, 2.75) is 39.3 Å². The summed E-state index contributed by atoms with van der Waals surface area (Å²) in [5.74, 6) is 0.564. The van der Waals surface area contributed by atoms with Crippen LogP contribution in [0.4, 0.5) is 5.13 Å². The number of ether oxygens (including phenoxy) is 4. The van der Waals surface area contributed by atoms with Crippen LogP contribution in [0, 0.1) is 0 Å². The van der Waals surface area contributed by atoms with Crippen LogP contribution < -0.4 is 23.8 Å². The highest BCUT2D eigenvalue weighted by molar-refractivity contribution is 7.22. The molecule has 1 N–H and O–H groups in total. The molecule has 0 aliphatic carbocycles. The van der Waals surface area contributed by atoms with Gasteiger partial charge in [-0.2, -0.15) is 0 Å². The Bertz CT molecular complexity index is 1740. The van der Waals surface area contributed by atoms with Gasteiger partial charge < -0.3 is 24.1 Å². The molecular weight excluding hydrogens is 556 g/mol. The molecule has 2 aliphatic rings. The Morgan fingerprint density at radius 1 is 1.05 bits per heavy atom. The fraction of sp³-hybridized carbons (Fsp3) is 0.281. The van der Waals surface area contributed by atoms with Gasteiger partial charge in [-0.05, 0) is 80.4 Å². The van der Waals surface area contributed by atoms with Gasteiger partial charge in [-0.3, -0.25) is 14.5 Å². The maximum Gasteiger partial charge on any atom is 0.301 e. The smallest absolute Gasteiger partial charge is 0.301 e. The van der Waals surface area contributed by atoms with E-state index in [0.717, 1.165) is 16.0 Å². The second kappa shape index (κ2) is 11.0. The van der Waals surface area contributed by atoms with Gasteiger partial charge in [-0.1, -0.05) is 17.4 Å². The molecule has 2 atom stereocenters. The van der Waals surface area contributed by atoms with Crippen LogP contribution in [0.25, 0.3) is 16.0 Å². The lowest BCUT2D eigenvalue weighted by Gasteiger charge is -2.24. The molecule has 2 aliphatic heterocycles. The number of nitrogens with zero attached hydrogens (tertiary/aromatic N) is 2. The Morgan fingerprint density at radius 2 is 1.83 bits per heavy atom. The molecule has 1 fully saturated rings. The number of benzene rings is 3. The van der Waals surface area contributed by atoms with Crippen molar-refractivity contribution in [3.63, 3.8) is 0 Å². The molecule has 0 bridgehead atoms. The maximum absolute atomic E-state index is 13.7. The van der Waals surface area contributed by atoms with Gasteiger partial charge in [0, 0.05) is 12.0 Å². The lowest BCUT2D eigenvalue weighted by atomic mass is 9.94. The molecule has 3 heterocycles. The predicted molar refractivity (Wildman–Crippen MR) is 160 cm³/mol. The number of hydrogen-bond acceptors (Lipinski definition) is 9. The number of anilines is 1. The lowest BCUT2D eigenvalue weighted by Crippen LogP contribution is -2.29. The number of aromatic nitrogens is 1. The summed E-state index contributed by atoms with van der Waals surface area (Å²) in [6.45, 7) is 6.54. The SMILES string of the molecule is CCOc1ccc(C2C(=C(O)c3ccc4c(c3)CC(C)O4)C(=O)C(=O)N2c2nc3ccc(OC)cc3s2)cc1OCC. The number of thiazole rings is 1. The first-order valence-corrected chi connectivity index (χ1v) is 14.6. The molecule has 0 spiro atoms. The summed E-state index contributed by atoms with van der Waals surface area (Å²) in [7, 11) is 1.58. The molecule has 216 valence electrons. The van der Waals surface area contributed by atoms with Crippen LogP contribution in [0.3, 0.4) is 0 Å². The van der Waals surface area contributed by atoms with Crippen molar-refractivity contribution >= 4 is 44.1 Å². The van der Waals surface area contributed by atoms with Crippen molar-refractivity contribution in [3.05, 3.63) is 76.9 Å². The van der Waals surface area contributed by atoms with E-state index in [2.05, 4.69) is 0 Å². The molecule has 1 aromatic heterocycles. The van der Waals surface area contributed by atoms with Gasteiger partial charge in [0.15, 0.2) is 16.6 Å². The molecule has 10 heteroatoms. The number of ketones is 1. The number of rotatable bonds is 8. The highest BCUT2D eigenvalue weighted by Gasteiger charge is 2.48. The number of hydrogen-bond donors (Lipinski definition) is 1. The largest absolute Gasteiger partial charge is 0.507 e. The minimum absolute atomic E-state index is 0.0153. The summed E-state index contributed by atoms with van der Waals surface area (Å²) in [6.07, 6.45) is 0.696. The van der Waals surface area contributed by atoms with E-state index >= 15 is 0 Å². The molecule has 9 nitrogen and oxygen atoms in total. The predicted octanol–water partition coefficient (Wildman–Crippen LogP) is 6.05. The zero-order chi connectivity index (χ0) is 29.5. The Hall–Kier alpha value is -4.57. The third-order valence-corrected chi connectivity index (χ3v) is 8.30. The minimum Gasteiger partial charge on any atom is -0.507 e. The van der Waals surface area contributed by atoms with E-state index in [1.807, 2.05) is 32.9 Å². The van der Waals surface area contributed by atoms with Gasteiger partial charge in [0.05, 0.1) is 42.2 Å².